The topological polar surface area (TPSA) is 204 Å². The first-order chi connectivity index (χ1) is 29.2. The lowest BCUT2D eigenvalue weighted by molar-refractivity contribution is -0.142. The lowest BCUT2D eigenvalue weighted by atomic mass is 9.87. The molecule has 4 bridgehead atoms. The number of hydrogen-bond acceptors (Lipinski definition) is 13. The third-order valence-electron chi connectivity index (χ3n) is 12.7. The zero-order chi connectivity index (χ0) is 43.1. The minimum Gasteiger partial charge on any atom is -0.496 e. The van der Waals surface area contributed by atoms with Crippen molar-refractivity contribution in [3.05, 3.63) is 53.0 Å². The molecular weight excluding hydrogens is 825 g/mol. The summed E-state index contributed by atoms with van der Waals surface area (Å²) in [6, 6.07) is 3.39. The van der Waals surface area contributed by atoms with E-state index < -0.39 is 74.1 Å². The van der Waals surface area contributed by atoms with Gasteiger partial charge in [0.1, 0.15) is 41.8 Å². The fourth-order valence-corrected chi connectivity index (χ4v) is 10.8. The van der Waals surface area contributed by atoms with Crippen molar-refractivity contribution >= 4 is 56.1 Å². The van der Waals surface area contributed by atoms with E-state index in [1.807, 2.05) is 31.4 Å². The first kappa shape index (κ1) is 42.7. The van der Waals surface area contributed by atoms with Gasteiger partial charge in [-0.15, -0.1) is 17.9 Å². The molecule has 61 heavy (non-hydrogen) atoms. The van der Waals surface area contributed by atoms with Crippen molar-refractivity contribution in [1.29, 1.82) is 0 Å². The summed E-state index contributed by atoms with van der Waals surface area (Å²) in [5, 5.41) is 7.65. The zero-order valence-electron chi connectivity index (χ0n) is 34.8. The highest BCUT2D eigenvalue weighted by Crippen LogP contribution is 2.46. The largest absolute Gasteiger partial charge is 0.496 e. The van der Waals surface area contributed by atoms with E-state index in [4.69, 9.17) is 23.9 Å². The van der Waals surface area contributed by atoms with Gasteiger partial charge in [-0.2, -0.15) is 0 Å². The molecule has 8 rings (SSSR count). The van der Waals surface area contributed by atoms with E-state index in [-0.39, 0.29) is 44.4 Å². The molecule has 3 aromatic rings. The van der Waals surface area contributed by atoms with Gasteiger partial charge in [-0.1, -0.05) is 32.8 Å². The van der Waals surface area contributed by atoms with E-state index in [9.17, 15) is 27.6 Å². The number of hydrogen-bond donors (Lipinski definition) is 3. The van der Waals surface area contributed by atoms with Crippen LogP contribution in [0.15, 0.2) is 41.7 Å². The number of rotatable bonds is 11. The molecule has 3 N–H and O–H groups in total. The van der Waals surface area contributed by atoms with Crippen molar-refractivity contribution in [2.45, 2.75) is 120 Å². The van der Waals surface area contributed by atoms with E-state index >= 15 is 0 Å². The van der Waals surface area contributed by atoms with Crippen LogP contribution in [0.4, 0.5) is 4.79 Å². The van der Waals surface area contributed by atoms with Crippen LogP contribution in [-0.2, 0) is 42.2 Å². The molecule has 18 heteroatoms. The Kier molecular flexibility index (Phi) is 11.9. The van der Waals surface area contributed by atoms with Crippen LogP contribution in [0.5, 0.6) is 17.4 Å². The lowest BCUT2D eigenvalue weighted by Gasteiger charge is -2.32. The van der Waals surface area contributed by atoms with E-state index in [0.29, 0.717) is 54.5 Å². The van der Waals surface area contributed by atoms with Crippen LogP contribution in [0.2, 0.25) is 0 Å². The molecule has 3 aliphatic carbocycles. The first-order valence-electron chi connectivity index (χ1n) is 21.1. The number of aromatic nitrogens is 2. The average Bonchev–Trinajstić information content (AvgIpc) is 3.97. The summed E-state index contributed by atoms with van der Waals surface area (Å²) in [7, 11) is -2.32. The standard InChI is InChI=1S/C43H54N6O10S2/c1-5-27-19-43(27,40(52)48-61(54,55)30-12-13-30)47-38(50)33-16-29-20-49(33)39(51)37(25-9-6-7-10-25)46-41(53)58-23-42(2,3)14-8-11-26-15-31-32(17-34(26)56-4)45-36(18-35(31)59-29)57-21-28-22-60-24-44-28/h5,15,17-18,22,24-25,27,29-30,33,37H,1,6-14,16,19-21,23H2,2-4H3,(H,46,53)(H,47,50)(H,48,52)/t27-,29-,33+,37+,43-/m1/s1. The van der Waals surface area contributed by atoms with Crippen LogP contribution >= 0.6 is 11.3 Å². The van der Waals surface area contributed by atoms with Crippen LogP contribution in [0, 0.1) is 17.3 Å². The molecule has 3 saturated carbocycles. The smallest absolute Gasteiger partial charge is 0.407 e. The van der Waals surface area contributed by atoms with Crippen LogP contribution < -0.4 is 29.6 Å². The Morgan fingerprint density at radius 3 is 2.61 bits per heavy atom. The summed E-state index contributed by atoms with van der Waals surface area (Å²) in [5.41, 5.74) is 1.96. The summed E-state index contributed by atoms with van der Waals surface area (Å²) in [5.74, 6) is -1.36. The summed E-state index contributed by atoms with van der Waals surface area (Å²) in [4.78, 5) is 67.3. The van der Waals surface area contributed by atoms with E-state index in [1.54, 1.807) is 18.7 Å². The van der Waals surface area contributed by atoms with Crippen LogP contribution in [0.3, 0.4) is 0 Å². The van der Waals surface area contributed by atoms with E-state index in [0.717, 1.165) is 36.9 Å². The number of fused-ring (bicyclic) bond motifs is 3. The first-order valence-corrected chi connectivity index (χ1v) is 23.6. The second-order valence-corrected chi connectivity index (χ2v) is 20.5. The Morgan fingerprint density at radius 2 is 1.92 bits per heavy atom. The summed E-state index contributed by atoms with van der Waals surface area (Å²) < 4.78 is 52.5. The Morgan fingerprint density at radius 1 is 1.13 bits per heavy atom. The highest BCUT2D eigenvalue weighted by molar-refractivity contribution is 7.91. The molecule has 5 aliphatic rings. The van der Waals surface area contributed by atoms with Gasteiger partial charge < -0.3 is 34.5 Å². The maximum atomic E-state index is 14.9. The number of carbonyl (C=O) groups excluding carboxylic acids is 4. The molecule has 0 spiro atoms. The lowest BCUT2D eigenvalue weighted by Crippen LogP contribution is -2.59. The number of ether oxygens (including phenoxy) is 4. The number of nitrogens with zero attached hydrogens (tertiary/aromatic N) is 3. The summed E-state index contributed by atoms with van der Waals surface area (Å²) in [6.07, 6.45) is 6.42. The van der Waals surface area contributed by atoms with Gasteiger partial charge in [0.2, 0.25) is 27.7 Å². The number of amides is 4. The van der Waals surface area contributed by atoms with Crippen molar-refractivity contribution in [2.24, 2.45) is 17.3 Å². The second-order valence-electron chi connectivity index (χ2n) is 17.8. The number of pyridine rings is 1. The van der Waals surface area contributed by atoms with Crippen molar-refractivity contribution < 1.29 is 46.5 Å². The SMILES string of the molecule is C=C[C@@H]1C[C@]1(NC(=O)[C@@H]1C[C@@H]2CN1C(=O)[C@H](C1CCCC1)NC(=O)OCC(C)(C)CCCc1cc3c(cc(OCc4cscn4)nc3cc1OC)O2)C(=O)NS(=O)(=O)C1CC1. The monoisotopic (exact) mass is 878 g/mol. The van der Waals surface area contributed by atoms with E-state index in [2.05, 4.69) is 26.9 Å². The van der Waals surface area contributed by atoms with Crippen LogP contribution in [0.1, 0.15) is 89.3 Å². The zero-order valence-corrected chi connectivity index (χ0v) is 36.4. The van der Waals surface area contributed by atoms with Gasteiger partial charge in [-0.3, -0.25) is 19.1 Å². The van der Waals surface area contributed by atoms with Gasteiger partial charge in [0.25, 0.3) is 5.91 Å². The molecule has 2 aromatic heterocycles. The van der Waals surface area contributed by atoms with Gasteiger partial charge in [-0.25, -0.2) is 23.2 Å². The van der Waals surface area contributed by atoms with Gasteiger partial charge in [0.15, 0.2) is 0 Å². The molecule has 328 valence electrons. The number of alkyl carbamates (subject to hydrolysis) is 1. The third kappa shape index (κ3) is 9.30. The third-order valence-corrected chi connectivity index (χ3v) is 15.2. The van der Waals surface area contributed by atoms with Gasteiger partial charge in [0, 0.05) is 35.2 Å². The van der Waals surface area contributed by atoms with Crippen molar-refractivity contribution in [2.75, 3.05) is 20.3 Å². The van der Waals surface area contributed by atoms with Crippen molar-refractivity contribution in [3.8, 4) is 17.4 Å². The molecule has 5 atom stereocenters. The molecule has 4 heterocycles. The normalized spacial score (nSPS) is 27.0. The molecule has 16 nitrogen and oxygen atoms in total. The molecule has 0 radical (unpaired) electrons. The number of cyclic esters (lactones) is 1. The molecule has 1 aromatic carbocycles. The highest BCUT2D eigenvalue weighted by atomic mass is 32.2. The van der Waals surface area contributed by atoms with Crippen molar-refractivity contribution in [3.63, 3.8) is 0 Å². The minimum absolute atomic E-state index is 0.0201. The number of nitrogens with one attached hydrogen (secondary N) is 3. The maximum Gasteiger partial charge on any atom is 0.407 e. The van der Waals surface area contributed by atoms with Gasteiger partial charge >= 0.3 is 6.09 Å². The van der Waals surface area contributed by atoms with E-state index in [1.165, 1.54) is 22.3 Å². The molecule has 2 aliphatic heterocycles. The number of benzene rings is 1. The van der Waals surface area contributed by atoms with Gasteiger partial charge in [-0.05, 0) is 74.3 Å². The highest BCUT2D eigenvalue weighted by Gasteiger charge is 2.62. The van der Waals surface area contributed by atoms with Crippen LogP contribution in [-0.4, -0.2) is 96.3 Å². The number of sulfonamides is 1. The Bertz CT molecular complexity index is 2290. The number of methoxy groups -OCH3 is 1. The quantitative estimate of drug-likeness (QED) is 0.219. The number of carbonyl (C=O) groups is 4. The molecule has 0 unspecified atom stereocenters. The van der Waals surface area contributed by atoms with Crippen molar-refractivity contribution in [1.82, 2.24) is 30.2 Å². The fraction of sp³-hybridized carbons (Fsp3) is 0.581. The predicted octanol–water partition coefficient (Wildman–Crippen LogP) is 4.94. The molecule has 1 saturated heterocycles. The second kappa shape index (κ2) is 17.1. The predicted molar refractivity (Wildman–Crippen MR) is 225 cm³/mol. The Labute approximate surface area is 359 Å². The molecule has 4 fully saturated rings. The summed E-state index contributed by atoms with van der Waals surface area (Å²) in [6.45, 7) is 8.12. The molecular formula is C43H54N6O10S2. The number of thiazole rings is 1. The average molecular weight is 879 g/mol. The number of aryl methyl sites for hydroxylation is 1. The van der Waals surface area contributed by atoms with Gasteiger partial charge in [0.05, 0.1) is 42.2 Å². The minimum atomic E-state index is -3.92. The fourth-order valence-electron chi connectivity index (χ4n) is 8.94. The Hall–Kier alpha value is -4.97. The molecule has 4 amide bonds. The Balaban J connectivity index is 1.16. The summed E-state index contributed by atoms with van der Waals surface area (Å²) >= 11 is 1.45. The van der Waals surface area contributed by atoms with Crippen LogP contribution in [0.25, 0.3) is 10.9 Å². The maximum absolute atomic E-state index is 14.9.